The molecule has 2 rings (SSSR count). The summed E-state index contributed by atoms with van der Waals surface area (Å²) in [5, 5.41) is 18.8. The molecule has 4 nitrogen and oxygen atoms in total. The molecule has 0 spiro atoms. The van der Waals surface area contributed by atoms with E-state index in [9.17, 15) is 10.2 Å². The van der Waals surface area contributed by atoms with E-state index in [4.69, 9.17) is 0 Å². The highest BCUT2D eigenvalue weighted by molar-refractivity contribution is 4.92. The highest BCUT2D eigenvalue weighted by atomic mass is 16.3. The lowest BCUT2D eigenvalue weighted by atomic mass is 9.91. The van der Waals surface area contributed by atoms with Crippen molar-refractivity contribution in [3.8, 4) is 0 Å². The minimum absolute atomic E-state index is 0.0566. The Morgan fingerprint density at radius 2 is 1.94 bits per heavy atom. The first-order valence-corrected chi connectivity index (χ1v) is 6.78. The molecule has 0 aromatic heterocycles. The third-order valence-corrected chi connectivity index (χ3v) is 4.41. The summed E-state index contributed by atoms with van der Waals surface area (Å²) in [6.45, 7) is 8.60. The van der Waals surface area contributed by atoms with Gasteiger partial charge in [0.1, 0.15) is 0 Å². The maximum Gasteiger partial charge on any atom is 0.0519 e. The van der Waals surface area contributed by atoms with Crippen LogP contribution in [0.3, 0.4) is 0 Å². The lowest BCUT2D eigenvalue weighted by Crippen LogP contribution is -2.57. The predicted octanol–water partition coefficient (Wildman–Crippen LogP) is 0.146. The van der Waals surface area contributed by atoms with Crippen LogP contribution >= 0.6 is 0 Å². The molecule has 0 saturated carbocycles. The number of nitrogens with zero attached hydrogens (tertiary/aromatic N) is 2. The van der Waals surface area contributed by atoms with Gasteiger partial charge in [-0.25, -0.2) is 0 Å². The third-order valence-electron chi connectivity index (χ3n) is 4.41. The topological polar surface area (TPSA) is 46.9 Å². The summed E-state index contributed by atoms with van der Waals surface area (Å²) in [7, 11) is 0. The average molecular weight is 242 g/mol. The minimum Gasteiger partial charge on any atom is -0.396 e. The van der Waals surface area contributed by atoms with Crippen molar-refractivity contribution in [3.05, 3.63) is 0 Å². The Bertz CT molecular complexity index is 256. The molecule has 2 aliphatic heterocycles. The number of hydrogen-bond acceptors (Lipinski definition) is 4. The van der Waals surface area contributed by atoms with Gasteiger partial charge in [0.15, 0.2) is 0 Å². The van der Waals surface area contributed by atoms with Gasteiger partial charge >= 0.3 is 0 Å². The van der Waals surface area contributed by atoms with Crippen molar-refractivity contribution < 1.29 is 10.2 Å². The summed E-state index contributed by atoms with van der Waals surface area (Å²) < 4.78 is 0. The van der Waals surface area contributed by atoms with Gasteiger partial charge in [-0.15, -0.1) is 0 Å². The van der Waals surface area contributed by atoms with Crippen molar-refractivity contribution in [2.45, 2.75) is 38.8 Å². The van der Waals surface area contributed by atoms with E-state index in [0.29, 0.717) is 12.1 Å². The summed E-state index contributed by atoms with van der Waals surface area (Å²) in [6.07, 6.45) is 2.63. The second kappa shape index (κ2) is 5.22. The molecule has 100 valence electrons. The molecule has 2 aliphatic rings. The number of aliphatic hydroxyl groups excluding tert-OH is 2. The lowest BCUT2D eigenvalue weighted by Gasteiger charge is -2.45. The smallest absolute Gasteiger partial charge is 0.0519 e. The number of rotatable bonds is 4. The molecule has 2 fully saturated rings. The van der Waals surface area contributed by atoms with Crippen LogP contribution in [0.1, 0.15) is 26.7 Å². The highest BCUT2D eigenvalue weighted by Gasteiger charge is 2.37. The Balaban J connectivity index is 1.96. The van der Waals surface area contributed by atoms with E-state index in [2.05, 4.69) is 16.7 Å². The first kappa shape index (κ1) is 13.3. The van der Waals surface area contributed by atoms with Crippen molar-refractivity contribution in [3.63, 3.8) is 0 Å². The molecular weight excluding hydrogens is 216 g/mol. The zero-order valence-electron chi connectivity index (χ0n) is 11.1. The van der Waals surface area contributed by atoms with Crippen molar-refractivity contribution in [2.75, 3.05) is 39.4 Å². The Morgan fingerprint density at radius 3 is 2.59 bits per heavy atom. The highest BCUT2D eigenvalue weighted by Crippen LogP contribution is 2.27. The van der Waals surface area contributed by atoms with Crippen LogP contribution < -0.4 is 0 Å². The Labute approximate surface area is 104 Å². The Hall–Kier alpha value is -0.160. The Kier molecular flexibility index (Phi) is 4.08. The number of hydrogen-bond donors (Lipinski definition) is 2. The zero-order valence-corrected chi connectivity index (χ0v) is 11.1. The third kappa shape index (κ3) is 2.81. The second-order valence-corrected chi connectivity index (χ2v) is 6.20. The van der Waals surface area contributed by atoms with Gasteiger partial charge in [0.2, 0.25) is 0 Å². The molecule has 0 aromatic carbocycles. The summed E-state index contributed by atoms with van der Waals surface area (Å²) in [6, 6.07) is 1.23. The van der Waals surface area contributed by atoms with Gasteiger partial charge < -0.3 is 10.2 Å². The maximum atomic E-state index is 9.39. The lowest BCUT2D eigenvalue weighted by molar-refractivity contribution is -0.0108. The fraction of sp³-hybridized carbons (Fsp3) is 1.00. The largest absolute Gasteiger partial charge is 0.396 e. The molecule has 0 aromatic rings. The van der Waals surface area contributed by atoms with E-state index in [1.54, 1.807) is 0 Å². The van der Waals surface area contributed by atoms with Crippen molar-refractivity contribution >= 4 is 0 Å². The molecule has 2 unspecified atom stereocenters. The number of fused-ring (bicyclic) bond motifs is 1. The first-order valence-electron chi connectivity index (χ1n) is 6.78. The van der Waals surface area contributed by atoms with Crippen LogP contribution in [0.25, 0.3) is 0 Å². The van der Waals surface area contributed by atoms with Crippen LogP contribution in [-0.2, 0) is 0 Å². The molecule has 0 radical (unpaired) electrons. The quantitative estimate of drug-likeness (QED) is 0.736. The van der Waals surface area contributed by atoms with Crippen LogP contribution in [0, 0.1) is 5.41 Å². The van der Waals surface area contributed by atoms with Crippen LogP contribution in [0.5, 0.6) is 0 Å². The van der Waals surface area contributed by atoms with E-state index >= 15 is 0 Å². The van der Waals surface area contributed by atoms with E-state index in [-0.39, 0.29) is 18.6 Å². The molecule has 2 saturated heterocycles. The van der Waals surface area contributed by atoms with Gasteiger partial charge in [0, 0.05) is 37.1 Å². The molecule has 0 bridgehead atoms. The molecule has 4 heteroatoms. The van der Waals surface area contributed by atoms with Crippen LogP contribution in [0.4, 0.5) is 0 Å². The van der Waals surface area contributed by atoms with E-state index in [1.807, 2.05) is 6.92 Å². The van der Waals surface area contributed by atoms with Gasteiger partial charge in [-0.3, -0.25) is 9.80 Å². The van der Waals surface area contributed by atoms with E-state index in [0.717, 1.165) is 19.6 Å². The van der Waals surface area contributed by atoms with Gasteiger partial charge in [-0.05, 0) is 26.3 Å². The van der Waals surface area contributed by atoms with Crippen molar-refractivity contribution in [2.24, 2.45) is 5.41 Å². The zero-order chi connectivity index (χ0) is 12.5. The normalized spacial score (nSPS) is 31.8. The predicted molar refractivity (Wildman–Crippen MR) is 67.9 cm³/mol. The molecule has 2 atom stereocenters. The monoisotopic (exact) mass is 242 g/mol. The van der Waals surface area contributed by atoms with Gasteiger partial charge in [-0.1, -0.05) is 6.92 Å². The van der Waals surface area contributed by atoms with Gasteiger partial charge in [0.25, 0.3) is 0 Å². The summed E-state index contributed by atoms with van der Waals surface area (Å²) in [4.78, 5) is 5.04. The summed E-state index contributed by atoms with van der Waals surface area (Å²) >= 11 is 0. The molecule has 0 aliphatic carbocycles. The summed E-state index contributed by atoms with van der Waals surface area (Å²) in [5.41, 5.74) is -0.366. The number of aliphatic hydroxyl groups is 2. The fourth-order valence-electron chi connectivity index (χ4n) is 3.11. The van der Waals surface area contributed by atoms with Crippen molar-refractivity contribution in [1.29, 1.82) is 0 Å². The van der Waals surface area contributed by atoms with Gasteiger partial charge in [0.05, 0.1) is 13.2 Å². The standard InChI is InChI=1S/C13H26N2O2/c1-11-6-14-5-3-4-12(14)7-15(11)8-13(2,9-16)10-17/h11-12,16-17H,3-10H2,1-2H3. The minimum atomic E-state index is -0.366. The summed E-state index contributed by atoms with van der Waals surface area (Å²) in [5.74, 6) is 0. The molecule has 0 amide bonds. The molecular formula is C13H26N2O2. The molecule has 2 N–H and O–H groups in total. The van der Waals surface area contributed by atoms with Crippen LogP contribution in [0.15, 0.2) is 0 Å². The number of piperazine rings is 1. The fourth-order valence-corrected chi connectivity index (χ4v) is 3.11. The Morgan fingerprint density at radius 1 is 1.24 bits per heavy atom. The maximum absolute atomic E-state index is 9.39. The van der Waals surface area contributed by atoms with Crippen LogP contribution in [0.2, 0.25) is 0 Å². The SMILES string of the molecule is CC1CN2CCCC2CN1CC(C)(CO)CO. The molecule has 2 heterocycles. The first-order chi connectivity index (χ1) is 8.08. The van der Waals surface area contributed by atoms with Gasteiger partial charge in [-0.2, -0.15) is 0 Å². The molecule has 17 heavy (non-hydrogen) atoms. The van der Waals surface area contributed by atoms with E-state index < -0.39 is 0 Å². The average Bonchev–Trinajstić information content (AvgIpc) is 2.76. The van der Waals surface area contributed by atoms with Crippen molar-refractivity contribution in [1.82, 2.24) is 9.80 Å². The second-order valence-electron chi connectivity index (χ2n) is 6.20. The van der Waals surface area contributed by atoms with Crippen LogP contribution in [-0.4, -0.2) is 71.5 Å². The van der Waals surface area contributed by atoms with E-state index in [1.165, 1.54) is 19.4 Å².